The number of rotatable bonds is 0. The van der Waals surface area contributed by atoms with E-state index in [0.29, 0.717) is 0 Å². The molecule has 0 heterocycles. The fourth-order valence-corrected chi connectivity index (χ4v) is 0. The van der Waals surface area contributed by atoms with Gasteiger partial charge in [0.2, 0.25) is 0 Å². The Kier molecular flexibility index (Phi) is 121. The third kappa shape index (κ3) is 10.1. The molecule has 0 rings (SSSR count). The molecule has 0 aromatic rings. The molecule has 0 radical (unpaired) electrons. The van der Waals surface area contributed by atoms with Crippen molar-refractivity contribution in [1.29, 1.82) is 0 Å². The van der Waals surface area contributed by atoms with Crippen molar-refractivity contribution in [2.24, 2.45) is 0 Å². The van der Waals surface area contributed by atoms with E-state index < -0.39 is 0 Å². The first-order valence-corrected chi connectivity index (χ1v) is 0.508. The van der Waals surface area contributed by atoms with E-state index in [1.807, 2.05) is 0 Å². The summed E-state index contributed by atoms with van der Waals surface area (Å²) in [5, 5.41) is 0. The zero-order valence-electron chi connectivity index (χ0n) is 1.47. The van der Waals surface area contributed by atoms with E-state index in [2.05, 4.69) is 15.9 Å². The maximum absolute atomic E-state index is 7.81. The molecule has 0 aromatic carbocycles. The van der Waals surface area contributed by atoms with Crippen LogP contribution in [0.3, 0.4) is 0 Å². The third-order valence-corrected chi connectivity index (χ3v) is 0. The van der Waals surface area contributed by atoms with Gasteiger partial charge < -0.3 is 0 Å². The predicted molar refractivity (Wildman–Crippen MR) is 0.686 cm³/mol. The Morgan fingerprint density at radius 2 is 1.25 bits per heavy atom. The molecule has 0 atom stereocenters. The molecule has 4 heteroatoms. The minimum atomic E-state index is 0. The molecule has 0 aliphatic carbocycles. The SMILES string of the molecule is [Cr].[Fe].[O]=[Cu]. The van der Waals surface area contributed by atoms with Crippen LogP contribution in [0.5, 0.6) is 0 Å². The van der Waals surface area contributed by atoms with Crippen molar-refractivity contribution in [3.63, 3.8) is 0 Å². The average Bonchev–Trinajstić information content (AvgIpc) is 1.00. The van der Waals surface area contributed by atoms with Crippen LogP contribution in [0.2, 0.25) is 0 Å². The van der Waals surface area contributed by atoms with Gasteiger partial charge in [-0.2, -0.15) is 0 Å². The zero-order valence-corrected chi connectivity index (χ0v) is 4.79. The van der Waals surface area contributed by atoms with E-state index in [1.54, 1.807) is 0 Å². The normalized spacial score (nSPS) is 1.50. The van der Waals surface area contributed by atoms with Gasteiger partial charge in [0, 0.05) is 34.4 Å². The Morgan fingerprint density at radius 1 is 1.25 bits per heavy atom. The zero-order chi connectivity index (χ0) is 2.00. The summed E-state index contributed by atoms with van der Waals surface area (Å²) in [6.07, 6.45) is 0. The summed E-state index contributed by atoms with van der Waals surface area (Å²) >= 11 is 2.94. The van der Waals surface area contributed by atoms with E-state index in [9.17, 15) is 0 Å². The molecule has 0 fully saturated rings. The third-order valence-electron chi connectivity index (χ3n) is 0. The van der Waals surface area contributed by atoms with Crippen molar-refractivity contribution in [1.82, 2.24) is 0 Å². The van der Waals surface area contributed by atoms with Crippen molar-refractivity contribution < 1.29 is 54.2 Å². The van der Waals surface area contributed by atoms with Crippen LogP contribution in [0.4, 0.5) is 0 Å². The molecule has 0 amide bonds. The van der Waals surface area contributed by atoms with E-state index in [4.69, 9.17) is 3.83 Å². The van der Waals surface area contributed by atoms with Crippen LogP contribution in [-0.4, -0.2) is 0 Å². The molecular weight excluding hydrogens is 187 g/mol. The van der Waals surface area contributed by atoms with Crippen molar-refractivity contribution in [2.45, 2.75) is 0 Å². The van der Waals surface area contributed by atoms with E-state index >= 15 is 0 Å². The van der Waals surface area contributed by atoms with Crippen LogP contribution in [0.25, 0.3) is 0 Å². The summed E-state index contributed by atoms with van der Waals surface area (Å²) in [6, 6.07) is 0. The van der Waals surface area contributed by atoms with Crippen LogP contribution in [0.1, 0.15) is 0 Å². The molecule has 0 aliphatic rings. The molecule has 0 aliphatic heterocycles. The van der Waals surface area contributed by atoms with Crippen LogP contribution >= 0.6 is 0 Å². The van der Waals surface area contributed by atoms with Gasteiger partial charge in [0.1, 0.15) is 0 Å². The van der Waals surface area contributed by atoms with Gasteiger partial charge in [-0.3, -0.25) is 0 Å². The Morgan fingerprint density at radius 3 is 1.25 bits per heavy atom. The van der Waals surface area contributed by atoms with Gasteiger partial charge in [-0.1, -0.05) is 0 Å². The first-order chi connectivity index (χ1) is 1.00. The Hall–Kier alpha value is 1.37. The number of hydrogen-bond acceptors (Lipinski definition) is 1. The Bertz CT molecular complexity index is 8.00. The summed E-state index contributed by atoms with van der Waals surface area (Å²) in [6.45, 7) is 0. The molecule has 0 N–H and O–H groups in total. The second-order valence-electron chi connectivity index (χ2n) is 0. The fraction of sp³-hybridized carbons (Fsp3) is 0. The van der Waals surface area contributed by atoms with Crippen LogP contribution < -0.4 is 0 Å². The van der Waals surface area contributed by atoms with Gasteiger partial charge >= 0.3 is 19.8 Å². The first kappa shape index (κ1) is 18.3. The second kappa shape index (κ2) is 26.4. The summed E-state index contributed by atoms with van der Waals surface area (Å²) in [5.74, 6) is 0. The van der Waals surface area contributed by atoms with Crippen molar-refractivity contribution in [3.05, 3.63) is 0 Å². The Labute approximate surface area is 54.1 Å². The van der Waals surface area contributed by atoms with Crippen molar-refractivity contribution in [3.8, 4) is 0 Å². The monoisotopic (exact) mass is 187 g/mol. The summed E-state index contributed by atoms with van der Waals surface area (Å²) in [7, 11) is 0. The summed E-state index contributed by atoms with van der Waals surface area (Å²) in [4.78, 5) is 0. The second-order valence-corrected chi connectivity index (χ2v) is 0. The number of hydrogen-bond donors (Lipinski definition) is 0. The minimum absolute atomic E-state index is 0. The molecule has 0 saturated heterocycles. The molecule has 0 spiro atoms. The molecule has 0 aromatic heterocycles. The first-order valence-electron chi connectivity index (χ1n) is 0.123. The van der Waals surface area contributed by atoms with Gasteiger partial charge in [0.05, 0.1) is 0 Å². The van der Waals surface area contributed by atoms with E-state index in [-0.39, 0.29) is 34.4 Å². The molecule has 1 nitrogen and oxygen atoms in total. The van der Waals surface area contributed by atoms with Gasteiger partial charge in [0.25, 0.3) is 0 Å². The Balaban J connectivity index is -0.00000000500. The van der Waals surface area contributed by atoms with Crippen LogP contribution in [0, 0.1) is 0 Å². The van der Waals surface area contributed by atoms with Crippen molar-refractivity contribution in [2.75, 3.05) is 0 Å². The van der Waals surface area contributed by atoms with Crippen LogP contribution in [0.15, 0.2) is 0 Å². The molecule has 4 heavy (non-hydrogen) atoms. The summed E-state index contributed by atoms with van der Waals surface area (Å²) in [5.41, 5.74) is 0. The van der Waals surface area contributed by atoms with Gasteiger partial charge in [0.15, 0.2) is 0 Å². The molecule has 31 valence electrons. The summed E-state index contributed by atoms with van der Waals surface area (Å²) < 4.78 is 7.81. The van der Waals surface area contributed by atoms with Gasteiger partial charge in [-0.05, 0) is 0 Å². The van der Waals surface area contributed by atoms with E-state index in [0.717, 1.165) is 0 Å². The maximum atomic E-state index is 7.81. The van der Waals surface area contributed by atoms with Gasteiger partial charge in [-0.25, -0.2) is 0 Å². The van der Waals surface area contributed by atoms with Gasteiger partial charge in [-0.15, -0.1) is 0 Å². The fourth-order valence-electron chi connectivity index (χ4n) is 0. The molecule has 0 saturated carbocycles. The van der Waals surface area contributed by atoms with Crippen molar-refractivity contribution >= 4 is 0 Å². The molecule has 0 bridgehead atoms. The topological polar surface area (TPSA) is 17.1 Å². The molecular formula is CrCuFeO. The van der Waals surface area contributed by atoms with Crippen LogP contribution in [-0.2, 0) is 54.2 Å². The average molecular weight is 187 g/mol. The molecule has 0 unspecified atom stereocenters. The quantitative estimate of drug-likeness (QED) is 0.483. The standard InChI is InChI=1S/Cr.Cu.Fe.O. The van der Waals surface area contributed by atoms with E-state index in [1.165, 1.54) is 0 Å². The predicted octanol–water partition coefficient (Wildman–Crippen LogP) is -0.126.